The molecule has 170 valence electrons. The van der Waals surface area contributed by atoms with E-state index in [1.807, 2.05) is 42.5 Å². The summed E-state index contributed by atoms with van der Waals surface area (Å²) in [6, 6.07) is 17.6. The Labute approximate surface area is 202 Å². The van der Waals surface area contributed by atoms with Crippen LogP contribution in [0.4, 0.5) is 0 Å². The second-order valence-corrected chi connectivity index (χ2v) is 7.80. The fourth-order valence-corrected chi connectivity index (χ4v) is 2.99. The maximum atomic E-state index is 12.4. The van der Waals surface area contributed by atoms with Gasteiger partial charge in [0.25, 0.3) is 5.91 Å². The van der Waals surface area contributed by atoms with Crippen molar-refractivity contribution in [3.8, 4) is 0 Å². The Bertz CT molecular complexity index is 929. The molecule has 0 spiro atoms. The van der Waals surface area contributed by atoms with Crippen molar-refractivity contribution >= 4 is 39.4 Å². The Kier molecular flexibility index (Phi) is 13.5. The highest BCUT2D eigenvalue weighted by Crippen LogP contribution is 2.14. The minimum atomic E-state index is -1.09. The van der Waals surface area contributed by atoms with Gasteiger partial charge >= 0.3 is 5.97 Å². The van der Waals surface area contributed by atoms with Gasteiger partial charge in [0.05, 0.1) is 0 Å². The van der Waals surface area contributed by atoms with E-state index in [0.717, 1.165) is 10.0 Å². The topological polar surface area (TPSA) is 66.8 Å². The van der Waals surface area contributed by atoms with E-state index < -0.39 is 18.4 Å². The summed E-state index contributed by atoms with van der Waals surface area (Å²) in [6.07, 6.45) is 6.40. The monoisotopic (exact) mass is 519 g/mol. The molecule has 5 nitrogen and oxygen atoms in total. The van der Waals surface area contributed by atoms with Gasteiger partial charge in [-0.05, 0) is 36.8 Å². The van der Waals surface area contributed by atoms with Crippen LogP contribution in [0.1, 0.15) is 11.1 Å². The molecule has 0 aliphatic carbocycles. The number of carboxylic acids is 1. The standard InChI is InChI=1S/C18H19BrClNO4.C7H8/c1-2-5-16(8-4-9-20)25-13-17(22)21(12-18(23)24)11-14-6-3-7-15(19)10-14;1-7-5-3-2-4-6-7/h2-8,10H,1,9,11-13H2,(H,23,24);2-6H,1H3/b8-4-,16-5+;. The lowest BCUT2D eigenvalue weighted by Crippen LogP contribution is -2.37. The van der Waals surface area contributed by atoms with E-state index >= 15 is 0 Å². The summed E-state index contributed by atoms with van der Waals surface area (Å²) in [4.78, 5) is 24.7. The molecular formula is C25H27BrClNO4. The fraction of sp³-hybridized carbons (Fsp3) is 0.200. The number of ether oxygens (including phenoxy) is 1. The third-order valence-corrected chi connectivity index (χ3v) is 4.57. The van der Waals surface area contributed by atoms with Crippen molar-refractivity contribution in [1.29, 1.82) is 0 Å². The van der Waals surface area contributed by atoms with Gasteiger partial charge in [-0.25, -0.2) is 0 Å². The predicted octanol–water partition coefficient (Wildman–Crippen LogP) is 5.74. The van der Waals surface area contributed by atoms with E-state index in [4.69, 9.17) is 21.4 Å². The molecule has 2 aromatic carbocycles. The van der Waals surface area contributed by atoms with E-state index in [0.29, 0.717) is 11.6 Å². The number of amides is 1. The van der Waals surface area contributed by atoms with Crippen molar-refractivity contribution < 1.29 is 19.4 Å². The summed E-state index contributed by atoms with van der Waals surface area (Å²) in [5.41, 5.74) is 2.13. The number of carboxylic acid groups (broad SMARTS) is 1. The number of aryl methyl sites for hydroxylation is 1. The van der Waals surface area contributed by atoms with Crippen LogP contribution >= 0.6 is 27.5 Å². The molecule has 1 amide bonds. The quantitative estimate of drug-likeness (QED) is 0.246. The van der Waals surface area contributed by atoms with E-state index in [-0.39, 0.29) is 13.2 Å². The molecule has 32 heavy (non-hydrogen) atoms. The first kappa shape index (κ1) is 27.2. The average molecular weight is 521 g/mol. The molecule has 1 N–H and O–H groups in total. The maximum absolute atomic E-state index is 12.4. The lowest BCUT2D eigenvalue weighted by atomic mass is 10.2. The third-order valence-electron chi connectivity index (χ3n) is 3.90. The smallest absolute Gasteiger partial charge is 0.323 e. The lowest BCUT2D eigenvalue weighted by Gasteiger charge is -2.21. The van der Waals surface area contributed by atoms with Crippen LogP contribution in [0.2, 0.25) is 0 Å². The molecule has 0 bridgehead atoms. The van der Waals surface area contributed by atoms with Gasteiger partial charge in [0.2, 0.25) is 0 Å². The van der Waals surface area contributed by atoms with Gasteiger partial charge in [-0.2, -0.15) is 0 Å². The van der Waals surface area contributed by atoms with Gasteiger partial charge in [0.15, 0.2) is 6.61 Å². The Morgan fingerprint density at radius 2 is 1.91 bits per heavy atom. The van der Waals surface area contributed by atoms with Crippen molar-refractivity contribution in [3.05, 3.63) is 107 Å². The van der Waals surface area contributed by atoms with Gasteiger partial charge in [-0.15, -0.1) is 11.6 Å². The molecule has 0 fully saturated rings. The van der Waals surface area contributed by atoms with E-state index in [9.17, 15) is 9.59 Å². The predicted molar refractivity (Wildman–Crippen MR) is 132 cm³/mol. The molecule has 0 aromatic heterocycles. The summed E-state index contributed by atoms with van der Waals surface area (Å²) >= 11 is 8.93. The molecule has 0 saturated heterocycles. The second kappa shape index (κ2) is 15.9. The van der Waals surface area contributed by atoms with E-state index in [1.165, 1.54) is 16.5 Å². The summed E-state index contributed by atoms with van der Waals surface area (Å²) in [7, 11) is 0. The summed E-state index contributed by atoms with van der Waals surface area (Å²) < 4.78 is 6.27. The van der Waals surface area contributed by atoms with Crippen LogP contribution in [-0.4, -0.2) is 40.9 Å². The van der Waals surface area contributed by atoms with Crippen LogP contribution in [0.15, 0.2) is 95.7 Å². The minimum Gasteiger partial charge on any atom is -0.484 e. The van der Waals surface area contributed by atoms with Crippen LogP contribution in [-0.2, 0) is 20.9 Å². The van der Waals surface area contributed by atoms with Gasteiger partial charge in [-0.3, -0.25) is 9.59 Å². The Hall–Kier alpha value is -2.83. The van der Waals surface area contributed by atoms with Crippen LogP contribution in [0.25, 0.3) is 0 Å². The number of alkyl halides is 1. The third kappa shape index (κ3) is 12.1. The maximum Gasteiger partial charge on any atom is 0.323 e. The summed E-state index contributed by atoms with van der Waals surface area (Å²) in [5, 5.41) is 9.05. The molecule has 0 aliphatic heterocycles. The van der Waals surface area contributed by atoms with Crippen molar-refractivity contribution in [2.45, 2.75) is 13.5 Å². The molecule has 0 unspecified atom stereocenters. The molecule has 0 atom stereocenters. The molecule has 2 rings (SSSR count). The van der Waals surface area contributed by atoms with E-state index in [2.05, 4.69) is 41.6 Å². The van der Waals surface area contributed by atoms with Crippen LogP contribution in [0.5, 0.6) is 0 Å². The van der Waals surface area contributed by atoms with Crippen molar-refractivity contribution in [2.24, 2.45) is 0 Å². The Morgan fingerprint density at radius 1 is 1.19 bits per heavy atom. The zero-order valence-corrected chi connectivity index (χ0v) is 20.3. The largest absolute Gasteiger partial charge is 0.484 e. The number of rotatable bonds is 10. The Morgan fingerprint density at radius 3 is 2.44 bits per heavy atom. The lowest BCUT2D eigenvalue weighted by molar-refractivity contribution is -0.146. The SMILES string of the molecule is C=C/C=C(\C=C/CCl)OCC(=O)N(CC(=O)O)Cc1cccc(Br)c1.Cc1ccccc1. The van der Waals surface area contributed by atoms with Crippen molar-refractivity contribution in [2.75, 3.05) is 19.0 Å². The number of aliphatic carboxylic acids is 1. The number of carbonyl (C=O) groups excluding carboxylic acids is 1. The summed E-state index contributed by atoms with van der Waals surface area (Å²) in [6.45, 7) is 5.14. The number of hydrogen-bond donors (Lipinski definition) is 1. The van der Waals surface area contributed by atoms with Crippen molar-refractivity contribution in [3.63, 3.8) is 0 Å². The summed E-state index contributed by atoms with van der Waals surface area (Å²) in [5.74, 6) is -0.801. The van der Waals surface area contributed by atoms with Gasteiger partial charge in [0.1, 0.15) is 12.3 Å². The normalized spacial score (nSPS) is 10.8. The number of allylic oxidation sites excluding steroid dienone is 4. The zero-order chi connectivity index (χ0) is 23.8. The first-order valence-electron chi connectivity index (χ1n) is 9.79. The van der Waals surface area contributed by atoms with Gasteiger partial charge < -0.3 is 14.7 Å². The highest BCUT2D eigenvalue weighted by molar-refractivity contribution is 9.10. The molecule has 0 saturated carbocycles. The van der Waals surface area contributed by atoms with Crippen LogP contribution in [0.3, 0.4) is 0 Å². The second-order valence-electron chi connectivity index (χ2n) is 6.58. The first-order valence-corrected chi connectivity index (χ1v) is 11.1. The number of hydrogen-bond acceptors (Lipinski definition) is 3. The number of benzene rings is 2. The first-order chi connectivity index (χ1) is 15.3. The molecular weight excluding hydrogens is 494 g/mol. The van der Waals surface area contributed by atoms with Gasteiger partial charge in [-0.1, -0.05) is 82.7 Å². The molecule has 2 aromatic rings. The van der Waals surface area contributed by atoms with E-state index in [1.54, 1.807) is 18.2 Å². The van der Waals surface area contributed by atoms with Gasteiger partial charge in [0, 0.05) is 16.9 Å². The average Bonchev–Trinajstić information content (AvgIpc) is 2.76. The van der Waals surface area contributed by atoms with Crippen LogP contribution < -0.4 is 0 Å². The molecule has 0 aliphatic rings. The minimum absolute atomic E-state index is 0.173. The van der Waals surface area contributed by atoms with Crippen LogP contribution in [0, 0.1) is 6.92 Å². The number of nitrogens with zero attached hydrogens (tertiary/aromatic N) is 1. The highest BCUT2D eigenvalue weighted by atomic mass is 79.9. The fourth-order valence-electron chi connectivity index (χ4n) is 2.45. The highest BCUT2D eigenvalue weighted by Gasteiger charge is 2.18. The molecule has 0 radical (unpaired) electrons. The molecule has 0 heterocycles. The number of carbonyl (C=O) groups is 2. The van der Waals surface area contributed by atoms with Crippen molar-refractivity contribution in [1.82, 2.24) is 4.90 Å². The zero-order valence-electron chi connectivity index (χ0n) is 17.9. The number of halogens is 2. The Balaban J connectivity index is 0.000000616. The molecule has 7 heteroatoms.